The van der Waals surface area contributed by atoms with Crippen LogP contribution in [0, 0.1) is 0 Å². The van der Waals surface area contributed by atoms with E-state index in [0.717, 1.165) is 0 Å². The molecule has 0 heterocycles. The lowest BCUT2D eigenvalue weighted by atomic mass is 10.3. The van der Waals surface area contributed by atoms with Crippen LogP contribution in [0.4, 0.5) is 0 Å². The summed E-state index contributed by atoms with van der Waals surface area (Å²) >= 11 is 0. The van der Waals surface area contributed by atoms with Crippen LogP contribution >= 0.6 is 0 Å². The Bertz CT molecular complexity index is 59.4. The van der Waals surface area contributed by atoms with Crippen molar-refractivity contribution in [2.45, 2.75) is 154 Å². The van der Waals surface area contributed by atoms with E-state index in [2.05, 4.69) is 83.1 Å². The van der Waals surface area contributed by atoms with Gasteiger partial charge in [-0.05, 0) is 0 Å². The van der Waals surface area contributed by atoms with Gasteiger partial charge in [-0.15, -0.1) is 0 Å². The zero-order valence-corrected chi connectivity index (χ0v) is 19.8. The van der Waals surface area contributed by atoms with E-state index >= 15 is 0 Å². The van der Waals surface area contributed by atoms with Crippen molar-refractivity contribution in [1.29, 1.82) is 0 Å². The van der Waals surface area contributed by atoms with Crippen LogP contribution in [0.25, 0.3) is 0 Å². The summed E-state index contributed by atoms with van der Waals surface area (Å²) in [5.74, 6) is 0. The minimum Gasteiger partial charge on any atom is -0.0656 e. The Hall–Kier alpha value is 0. The lowest BCUT2D eigenvalue weighted by Crippen LogP contribution is -1.59. The largest absolute Gasteiger partial charge is 0.0656 e. The molecule has 0 aliphatic carbocycles. The normalized spacial score (nSPS) is 7.30. The smallest absolute Gasteiger partial charge is 0.0538 e. The highest BCUT2D eigenvalue weighted by atomic mass is 13.8. The summed E-state index contributed by atoms with van der Waals surface area (Å²) in [5.41, 5.74) is 0. The van der Waals surface area contributed by atoms with Gasteiger partial charge in [-0.1, -0.05) is 154 Å². The summed E-state index contributed by atoms with van der Waals surface area (Å²) < 4.78 is 0. The van der Waals surface area contributed by atoms with Gasteiger partial charge in [0.15, 0.2) is 0 Å². The van der Waals surface area contributed by atoms with E-state index in [-0.39, 0.29) is 0 Å². The van der Waals surface area contributed by atoms with Crippen molar-refractivity contribution in [1.82, 2.24) is 0 Å². The number of hydrogen-bond donors (Lipinski definition) is 0. The molecule has 0 aliphatic heterocycles. The van der Waals surface area contributed by atoms with Gasteiger partial charge in [-0.2, -0.15) is 0 Å². The van der Waals surface area contributed by atoms with Crippen LogP contribution in [0.2, 0.25) is 0 Å². The number of unbranched alkanes of at least 4 members (excludes halogenated alkanes) is 5. The van der Waals surface area contributed by atoms with Crippen molar-refractivity contribution in [2.75, 3.05) is 0 Å². The molecule has 0 unspecified atom stereocenters. The summed E-state index contributed by atoms with van der Waals surface area (Å²) in [7, 11) is 0. The molecule has 0 N–H and O–H groups in total. The Morgan fingerprint density at radius 1 is 0.261 bits per heavy atom. The molecule has 0 heteroatoms. The van der Waals surface area contributed by atoms with E-state index in [1.54, 1.807) is 0 Å². The van der Waals surface area contributed by atoms with Gasteiger partial charge >= 0.3 is 0 Å². The van der Waals surface area contributed by atoms with E-state index in [4.69, 9.17) is 0 Å². The van der Waals surface area contributed by atoms with Gasteiger partial charge in [0.05, 0.1) is 0 Å². The molecule has 0 spiro atoms. The van der Waals surface area contributed by atoms with Crippen LogP contribution in [-0.2, 0) is 0 Å². The van der Waals surface area contributed by atoms with Crippen LogP contribution in [-0.4, -0.2) is 0 Å². The highest BCUT2D eigenvalue weighted by Gasteiger charge is 1.68. The topological polar surface area (TPSA) is 0 Å². The minimum absolute atomic E-state index is 1.25. The molecule has 23 heavy (non-hydrogen) atoms. The average Bonchev–Trinajstić information content (AvgIpc) is 2.52. The fraction of sp³-hybridized carbons (Fsp3) is 1.00. The van der Waals surface area contributed by atoms with Crippen molar-refractivity contribution in [3.63, 3.8) is 0 Å². The van der Waals surface area contributed by atoms with E-state index in [0.29, 0.717) is 0 Å². The molecule has 0 nitrogen and oxygen atoms in total. The summed E-state index contributed by atoms with van der Waals surface area (Å²) in [6.45, 7) is 26.0. The molecule has 0 saturated carbocycles. The monoisotopic (exact) mass is 334 g/mol. The Labute approximate surface area is 154 Å². The fourth-order valence-corrected chi connectivity index (χ4v) is 0.707. The highest BCUT2D eigenvalue weighted by Crippen LogP contribution is 1.88. The second-order valence-electron chi connectivity index (χ2n) is 5.83. The maximum Gasteiger partial charge on any atom is -0.0538 e. The first kappa shape index (κ1) is 38.5. The van der Waals surface area contributed by atoms with Crippen molar-refractivity contribution in [2.24, 2.45) is 0 Å². The van der Waals surface area contributed by atoms with Crippen molar-refractivity contribution < 1.29 is 0 Å². The van der Waals surface area contributed by atoms with E-state index in [9.17, 15) is 0 Å². The van der Waals surface area contributed by atoms with Crippen molar-refractivity contribution in [3.8, 4) is 0 Å². The molecule has 0 radical (unpaired) electrons. The van der Waals surface area contributed by atoms with Gasteiger partial charge in [0, 0.05) is 0 Å². The third kappa shape index (κ3) is 352. The maximum absolute atomic E-state index is 2.21. The summed E-state index contributed by atoms with van der Waals surface area (Å²) in [4.78, 5) is 0. The lowest BCUT2D eigenvalue weighted by molar-refractivity contribution is 0.772. The minimum atomic E-state index is 1.25. The first-order valence-corrected chi connectivity index (χ1v) is 11.0. The van der Waals surface area contributed by atoms with Gasteiger partial charge in [-0.25, -0.2) is 0 Å². The average molecular weight is 335 g/mol. The van der Waals surface area contributed by atoms with Gasteiger partial charge < -0.3 is 0 Å². The summed E-state index contributed by atoms with van der Waals surface area (Å²) in [6.07, 6.45) is 14.5. The predicted molar refractivity (Wildman–Crippen MR) is 119 cm³/mol. The number of hydrogen-bond acceptors (Lipinski definition) is 0. The zero-order chi connectivity index (χ0) is 19.8. The molecule has 0 amide bonds. The molecule has 150 valence electrons. The molecule has 0 fully saturated rings. The van der Waals surface area contributed by atoms with Crippen LogP contribution in [0.1, 0.15) is 154 Å². The van der Waals surface area contributed by atoms with Gasteiger partial charge in [0.2, 0.25) is 0 Å². The van der Waals surface area contributed by atoms with E-state index in [1.165, 1.54) is 70.6 Å². The molecule has 0 bridgehead atoms. The summed E-state index contributed by atoms with van der Waals surface area (Å²) in [5, 5.41) is 0. The predicted octanol–water partition coefficient (Wildman–Crippen LogP) is 10.4. The standard InChI is InChI=1S/2C5H12.C4H10.3C3H8/c2*1-3-5-4-2;1-3-4-2;3*1-3-2/h2*3-5H2,1-2H3;3-4H2,1-2H3;3*3H2,1-2H3. The molecule has 0 rings (SSSR count). The van der Waals surface area contributed by atoms with Crippen LogP contribution < -0.4 is 0 Å². The second-order valence-corrected chi connectivity index (χ2v) is 5.83. The van der Waals surface area contributed by atoms with E-state index in [1.807, 2.05) is 0 Å². The molecular weight excluding hydrogens is 276 g/mol. The molecule has 0 aliphatic rings. The van der Waals surface area contributed by atoms with E-state index < -0.39 is 0 Å². The SMILES string of the molecule is CCC.CCC.CCC.CCCC.CCCCC.CCCCC. The van der Waals surface area contributed by atoms with Crippen LogP contribution in [0.15, 0.2) is 0 Å². The summed E-state index contributed by atoms with van der Waals surface area (Å²) in [6, 6.07) is 0. The Morgan fingerprint density at radius 2 is 0.391 bits per heavy atom. The third-order valence-corrected chi connectivity index (χ3v) is 1.91. The first-order valence-electron chi connectivity index (χ1n) is 11.0. The van der Waals surface area contributed by atoms with Crippen molar-refractivity contribution in [3.05, 3.63) is 0 Å². The Morgan fingerprint density at radius 3 is 0.391 bits per heavy atom. The molecule has 0 saturated heterocycles. The molecule has 0 aromatic heterocycles. The van der Waals surface area contributed by atoms with Crippen LogP contribution in [0.5, 0.6) is 0 Å². The third-order valence-electron chi connectivity index (χ3n) is 1.91. The van der Waals surface area contributed by atoms with Crippen molar-refractivity contribution >= 4 is 0 Å². The molecular formula is C23H58. The molecule has 0 aromatic carbocycles. The molecule has 0 aromatic rings. The number of rotatable bonds is 5. The Balaban J connectivity index is -0.0000000383. The maximum atomic E-state index is 2.21. The zero-order valence-electron chi connectivity index (χ0n) is 19.8. The highest BCUT2D eigenvalue weighted by molar-refractivity contribution is 4.24. The lowest BCUT2D eigenvalue weighted by Gasteiger charge is -1.79. The second kappa shape index (κ2) is 80.2. The Kier molecular flexibility index (Phi) is 134. The van der Waals surface area contributed by atoms with Crippen LogP contribution in [0.3, 0.4) is 0 Å². The van der Waals surface area contributed by atoms with Gasteiger partial charge in [-0.3, -0.25) is 0 Å². The quantitative estimate of drug-likeness (QED) is 0.469. The van der Waals surface area contributed by atoms with Gasteiger partial charge in [0.1, 0.15) is 0 Å². The van der Waals surface area contributed by atoms with Gasteiger partial charge in [0.25, 0.3) is 0 Å². The molecule has 0 atom stereocenters. The first-order chi connectivity index (χ1) is 11.0. The fourth-order valence-electron chi connectivity index (χ4n) is 0.707.